The average Bonchev–Trinajstić information content (AvgIpc) is 3.03. The van der Waals surface area contributed by atoms with Crippen molar-refractivity contribution in [1.29, 1.82) is 0 Å². The summed E-state index contributed by atoms with van der Waals surface area (Å²) in [5.74, 6) is 0.748. The van der Waals surface area contributed by atoms with Crippen LogP contribution in [0.25, 0.3) is 28.0 Å². The SMILES string of the molecule is COc1ccc(-c2c(-c3ccccc3)[nH]c3cc(C)nn3c2=O)cc1. The number of aromatic nitrogens is 3. The van der Waals surface area contributed by atoms with Gasteiger partial charge in [0.05, 0.1) is 24.1 Å². The molecule has 0 saturated carbocycles. The van der Waals surface area contributed by atoms with Gasteiger partial charge < -0.3 is 9.72 Å². The number of methoxy groups -OCH3 is 1. The first-order chi connectivity index (χ1) is 12.2. The summed E-state index contributed by atoms with van der Waals surface area (Å²) in [6.07, 6.45) is 0. The first-order valence-corrected chi connectivity index (χ1v) is 8.00. The van der Waals surface area contributed by atoms with E-state index in [2.05, 4.69) is 10.1 Å². The number of benzene rings is 2. The summed E-state index contributed by atoms with van der Waals surface area (Å²) in [6.45, 7) is 1.87. The van der Waals surface area contributed by atoms with E-state index < -0.39 is 0 Å². The highest BCUT2D eigenvalue weighted by Crippen LogP contribution is 2.29. The number of nitrogens with one attached hydrogen (secondary N) is 1. The Labute approximate surface area is 144 Å². The number of hydrogen-bond donors (Lipinski definition) is 1. The van der Waals surface area contributed by atoms with Crippen LogP contribution in [0.2, 0.25) is 0 Å². The second kappa shape index (κ2) is 5.94. The molecule has 2 aromatic heterocycles. The third-order valence-corrected chi connectivity index (χ3v) is 4.18. The van der Waals surface area contributed by atoms with Crippen LogP contribution >= 0.6 is 0 Å². The van der Waals surface area contributed by atoms with E-state index in [1.807, 2.05) is 67.6 Å². The van der Waals surface area contributed by atoms with Crippen molar-refractivity contribution in [3.8, 4) is 28.1 Å². The van der Waals surface area contributed by atoms with Gasteiger partial charge in [-0.15, -0.1) is 0 Å². The molecule has 0 radical (unpaired) electrons. The van der Waals surface area contributed by atoms with Gasteiger partial charge in [-0.05, 0) is 30.2 Å². The molecule has 124 valence electrons. The quantitative estimate of drug-likeness (QED) is 0.623. The van der Waals surface area contributed by atoms with Gasteiger partial charge in [0.2, 0.25) is 0 Å². The van der Waals surface area contributed by atoms with E-state index >= 15 is 0 Å². The third-order valence-electron chi connectivity index (χ3n) is 4.18. The minimum Gasteiger partial charge on any atom is -0.497 e. The molecule has 0 spiro atoms. The van der Waals surface area contributed by atoms with Crippen molar-refractivity contribution >= 4 is 5.65 Å². The maximum Gasteiger partial charge on any atom is 0.282 e. The summed E-state index contributed by atoms with van der Waals surface area (Å²) in [4.78, 5) is 16.5. The van der Waals surface area contributed by atoms with Crippen molar-refractivity contribution in [2.24, 2.45) is 0 Å². The summed E-state index contributed by atoms with van der Waals surface area (Å²) in [6, 6.07) is 19.2. The molecule has 0 aliphatic carbocycles. The van der Waals surface area contributed by atoms with Crippen molar-refractivity contribution < 1.29 is 4.74 Å². The van der Waals surface area contributed by atoms with E-state index in [-0.39, 0.29) is 5.56 Å². The summed E-state index contributed by atoms with van der Waals surface area (Å²) in [5, 5.41) is 4.32. The highest BCUT2D eigenvalue weighted by atomic mass is 16.5. The highest BCUT2D eigenvalue weighted by Gasteiger charge is 2.16. The van der Waals surface area contributed by atoms with E-state index in [1.165, 1.54) is 4.52 Å². The molecule has 0 amide bonds. The second-order valence-electron chi connectivity index (χ2n) is 5.86. The molecule has 4 rings (SSSR count). The number of hydrogen-bond acceptors (Lipinski definition) is 3. The Morgan fingerprint density at radius 1 is 1.00 bits per heavy atom. The molecule has 2 aromatic carbocycles. The summed E-state index contributed by atoms with van der Waals surface area (Å²) in [7, 11) is 1.62. The summed E-state index contributed by atoms with van der Waals surface area (Å²) >= 11 is 0. The molecule has 5 heteroatoms. The number of rotatable bonds is 3. The number of aromatic amines is 1. The van der Waals surface area contributed by atoms with Crippen molar-refractivity contribution in [3.05, 3.63) is 76.7 Å². The fourth-order valence-electron chi connectivity index (χ4n) is 2.99. The van der Waals surface area contributed by atoms with Gasteiger partial charge in [0.25, 0.3) is 5.56 Å². The van der Waals surface area contributed by atoms with Crippen LogP contribution < -0.4 is 10.3 Å². The number of ether oxygens (including phenoxy) is 1. The minimum absolute atomic E-state index is 0.147. The standard InChI is InChI=1S/C20H17N3O2/c1-13-12-17-21-19(15-6-4-3-5-7-15)18(20(24)23(17)22-13)14-8-10-16(25-2)11-9-14/h3-12,21H,1-2H3. The molecule has 25 heavy (non-hydrogen) atoms. The first-order valence-electron chi connectivity index (χ1n) is 8.00. The molecule has 4 aromatic rings. The van der Waals surface area contributed by atoms with Crippen LogP contribution in [0.5, 0.6) is 5.75 Å². The summed E-state index contributed by atoms with van der Waals surface area (Å²) < 4.78 is 6.64. The van der Waals surface area contributed by atoms with Gasteiger partial charge in [-0.1, -0.05) is 42.5 Å². The molecular formula is C20H17N3O2. The fraction of sp³-hybridized carbons (Fsp3) is 0.100. The third kappa shape index (κ3) is 2.59. The molecule has 2 heterocycles. The normalized spacial score (nSPS) is 11.0. The van der Waals surface area contributed by atoms with E-state index in [1.54, 1.807) is 7.11 Å². The van der Waals surface area contributed by atoms with E-state index in [4.69, 9.17) is 4.74 Å². The monoisotopic (exact) mass is 331 g/mol. The van der Waals surface area contributed by atoms with Crippen LogP contribution in [-0.4, -0.2) is 21.7 Å². The van der Waals surface area contributed by atoms with Gasteiger partial charge in [-0.3, -0.25) is 4.79 Å². The molecule has 0 atom stereocenters. The Balaban J connectivity index is 2.06. The number of aryl methyl sites for hydroxylation is 1. The molecule has 0 aliphatic rings. The molecule has 0 unspecified atom stereocenters. The lowest BCUT2D eigenvalue weighted by molar-refractivity contribution is 0.415. The second-order valence-corrected chi connectivity index (χ2v) is 5.86. The zero-order valence-electron chi connectivity index (χ0n) is 14.0. The zero-order chi connectivity index (χ0) is 17.4. The molecule has 0 saturated heterocycles. The van der Waals surface area contributed by atoms with Gasteiger partial charge in [0.15, 0.2) is 0 Å². The number of nitrogens with zero attached hydrogens (tertiary/aromatic N) is 2. The van der Waals surface area contributed by atoms with Gasteiger partial charge in [0.1, 0.15) is 11.4 Å². The molecule has 0 aliphatic heterocycles. The van der Waals surface area contributed by atoms with E-state index in [0.717, 1.165) is 28.3 Å². The van der Waals surface area contributed by atoms with Gasteiger partial charge in [0, 0.05) is 6.07 Å². The van der Waals surface area contributed by atoms with E-state index in [9.17, 15) is 4.79 Å². The molecule has 1 N–H and O–H groups in total. The average molecular weight is 331 g/mol. The summed E-state index contributed by atoms with van der Waals surface area (Å²) in [5.41, 5.74) is 4.46. The molecule has 0 bridgehead atoms. The Morgan fingerprint density at radius 2 is 1.72 bits per heavy atom. The van der Waals surface area contributed by atoms with Crippen molar-refractivity contribution in [1.82, 2.24) is 14.6 Å². The minimum atomic E-state index is -0.147. The Morgan fingerprint density at radius 3 is 2.40 bits per heavy atom. The predicted molar refractivity (Wildman–Crippen MR) is 98.0 cm³/mol. The maximum absolute atomic E-state index is 13.1. The van der Waals surface area contributed by atoms with Gasteiger partial charge in [-0.2, -0.15) is 9.61 Å². The van der Waals surface area contributed by atoms with Crippen LogP contribution in [0.3, 0.4) is 0 Å². The van der Waals surface area contributed by atoms with Crippen LogP contribution in [0.1, 0.15) is 5.69 Å². The van der Waals surface area contributed by atoms with Crippen LogP contribution in [0, 0.1) is 6.92 Å². The van der Waals surface area contributed by atoms with Gasteiger partial charge in [-0.25, -0.2) is 0 Å². The van der Waals surface area contributed by atoms with Crippen molar-refractivity contribution in [2.75, 3.05) is 7.11 Å². The molecule has 5 nitrogen and oxygen atoms in total. The molecular weight excluding hydrogens is 314 g/mol. The zero-order valence-corrected chi connectivity index (χ0v) is 14.0. The van der Waals surface area contributed by atoms with Crippen LogP contribution in [0.15, 0.2) is 65.5 Å². The Hall–Kier alpha value is -3.34. The first kappa shape index (κ1) is 15.2. The Kier molecular flexibility index (Phi) is 3.61. The number of fused-ring (bicyclic) bond motifs is 1. The largest absolute Gasteiger partial charge is 0.497 e. The lowest BCUT2D eigenvalue weighted by Gasteiger charge is -2.11. The van der Waals surface area contributed by atoms with Crippen molar-refractivity contribution in [2.45, 2.75) is 6.92 Å². The topological polar surface area (TPSA) is 59.4 Å². The highest BCUT2D eigenvalue weighted by molar-refractivity contribution is 5.81. The Bertz CT molecular complexity index is 1090. The fourth-order valence-corrected chi connectivity index (χ4v) is 2.99. The van der Waals surface area contributed by atoms with E-state index in [0.29, 0.717) is 11.2 Å². The lowest BCUT2D eigenvalue weighted by Crippen LogP contribution is -2.18. The van der Waals surface area contributed by atoms with Gasteiger partial charge >= 0.3 is 0 Å². The molecule has 0 fully saturated rings. The number of H-pyrrole nitrogens is 1. The van der Waals surface area contributed by atoms with Crippen molar-refractivity contribution in [3.63, 3.8) is 0 Å². The predicted octanol–water partition coefficient (Wildman–Crippen LogP) is 3.67. The smallest absolute Gasteiger partial charge is 0.282 e. The maximum atomic E-state index is 13.1. The lowest BCUT2D eigenvalue weighted by atomic mass is 10.0. The van der Waals surface area contributed by atoms with Crippen LogP contribution in [-0.2, 0) is 0 Å². The van der Waals surface area contributed by atoms with Crippen LogP contribution in [0.4, 0.5) is 0 Å².